The first-order valence-electron chi connectivity index (χ1n) is 9.45. The molecule has 10 nitrogen and oxygen atoms in total. The van der Waals surface area contributed by atoms with E-state index in [9.17, 15) is 18.0 Å². The first-order valence-corrected chi connectivity index (χ1v) is 12.1. The minimum Gasteiger partial charge on any atom is -0.370 e. The smallest absolute Gasteiger partial charge is 0.253 e. The van der Waals surface area contributed by atoms with E-state index in [1.165, 1.54) is 4.90 Å². The van der Waals surface area contributed by atoms with Gasteiger partial charge in [0, 0.05) is 22.8 Å². The molecular weight excluding hydrogens is 464 g/mol. The zero-order valence-electron chi connectivity index (χ0n) is 16.7. The molecule has 1 aliphatic rings. The monoisotopic (exact) mass is 486 g/mol. The molecule has 2 amide bonds. The Hall–Kier alpha value is -2.41. The quantitative estimate of drug-likeness (QED) is 0.383. The normalized spacial score (nSPS) is 16.3. The molecule has 0 spiro atoms. The highest BCUT2D eigenvalue weighted by Gasteiger charge is 2.34. The molecule has 1 atom stereocenters. The molecule has 2 aromatic rings. The average molecular weight is 487 g/mol. The first kappa shape index (κ1) is 23.3. The molecule has 168 valence electrons. The highest BCUT2D eigenvalue weighted by atomic mass is 35.5. The molecule has 0 saturated carbocycles. The van der Waals surface area contributed by atoms with Gasteiger partial charge in [-0.1, -0.05) is 24.6 Å². The van der Waals surface area contributed by atoms with E-state index in [2.05, 4.69) is 10.3 Å². The van der Waals surface area contributed by atoms with Gasteiger partial charge in [-0.25, -0.2) is 13.4 Å². The van der Waals surface area contributed by atoms with Crippen LogP contribution in [0.2, 0.25) is 5.02 Å². The molecule has 1 aromatic carbocycles. The summed E-state index contributed by atoms with van der Waals surface area (Å²) in [5.41, 5.74) is 10.7. The molecule has 0 radical (unpaired) electrons. The molecule has 13 heteroatoms. The van der Waals surface area contributed by atoms with Crippen molar-refractivity contribution in [3.63, 3.8) is 0 Å². The van der Waals surface area contributed by atoms with E-state index < -0.39 is 28.0 Å². The molecule has 1 aliphatic heterocycles. The number of fused-ring (bicyclic) bond motifs is 1. The number of hydrogen-bond acceptors (Lipinski definition) is 6. The van der Waals surface area contributed by atoms with Crippen molar-refractivity contribution in [3.8, 4) is 0 Å². The molecule has 3 rings (SSSR count). The number of benzene rings is 1. The summed E-state index contributed by atoms with van der Waals surface area (Å²) in [4.78, 5) is 30.0. The largest absolute Gasteiger partial charge is 0.370 e. The number of carbonyl (C=O) groups excluding carboxylic acids is 2. The first-order chi connectivity index (χ1) is 14.6. The maximum atomic E-state index is 13.0. The zero-order valence-corrected chi connectivity index (χ0v) is 19.1. The van der Waals surface area contributed by atoms with E-state index in [4.69, 9.17) is 23.1 Å². The van der Waals surface area contributed by atoms with Gasteiger partial charge >= 0.3 is 0 Å². The van der Waals surface area contributed by atoms with E-state index in [0.29, 0.717) is 11.4 Å². The van der Waals surface area contributed by atoms with E-state index in [1.807, 2.05) is 0 Å². The van der Waals surface area contributed by atoms with Crippen molar-refractivity contribution in [3.05, 3.63) is 29.3 Å². The van der Waals surface area contributed by atoms with Crippen LogP contribution in [0.4, 0.5) is 0 Å². The number of thiophene rings is 1. The Morgan fingerprint density at radius 1 is 1.32 bits per heavy atom. The third-order valence-electron chi connectivity index (χ3n) is 4.69. The predicted molar refractivity (Wildman–Crippen MR) is 120 cm³/mol. The summed E-state index contributed by atoms with van der Waals surface area (Å²) in [6.07, 6.45) is -0.111. The number of guanidine groups is 1. The number of sulfonamides is 1. The Labute approximate surface area is 188 Å². The molecule has 1 aromatic heterocycles. The Kier molecular flexibility index (Phi) is 7.04. The summed E-state index contributed by atoms with van der Waals surface area (Å²) >= 11 is 7.08. The number of rotatable bonds is 7. The van der Waals surface area contributed by atoms with Crippen molar-refractivity contribution >= 4 is 60.8 Å². The van der Waals surface area contributed by atoms with Gasteiger partial charge < -0.3 is 21.7 Å². The maximum Gasteiger partial charge on any atom is 0.253 e. The number of halogens is 1. The van der Waals surface area contributed by atoms with Crippen molar-refractivity contribution in [2.75, 3.05) is 26.2 Å². The van der Waals surface area contributed by atoms with Crippen molar-refractivity contribution in [2.24, 2.45) is 16.5 Å². The van der Waals surface area contributed by atoms with E-state index >= 15 is 0 Å². The third kappa shape index (κ3) is 5.45. The summed E-state index contributed by atoms with van der Waals surface area (Å²) < 4.78 is 28.1. The highest BCUT2D eigenvalue weighted by Crippen LogP contribution is 2.33. The molecule has 31 heavy (non-hydrogen) atoms. The topological polar surface area (TPSA) is 151 Å². The molecular formula is C18H23ClN6O4S2. The Bertz CT molecular complexity index is 1130. The molecule has 1 saturated heterocycles. The van der Waals surface area contributed by atoms with Gasteiger partial charge in [-0.05, 0) is 30.0 Å². The van der Waals surface area contributed by atoms with E-state index in [0.717, 1.165) is 25.7 Å². The summed E-state index contributed by atoms with van der Waals surface area (Å²) in [5.74, 6) is -1.03. The number of aliphatic imine (C=N–C) groups is 1. The zero-order chi connectivity index (χ0) is 22.8. The molecule has 1 unspecified atom stereocenters. The fraction of sp³-hybridized carbons (Fsp3) is 0.389. The van der Waals surface area contributed by atoms with Gasteiger partial charge in [0.15, 0.2) is 5.96 Å². The molecule has 5 N–H and O–H groups in total. The van der Waals surface area contributed by atoms with E-state index in [-0.39, 0.29) is 36.3 Å². The number of amides is 2. The van der Waals surface area contributed by atoms with Crippen LogP contribution in [0.1, 0.15) is 13.3 Å². The second-order valence-electron chi connectivity index (χ2n) is 6.95. The fourth-order valence-electron chi connectivity index (χ4n) is 3.10. The van der Waals surface area contributed by atoms with Gasteiger partial charge in [0.2, 0.25) is 11.8 Å². The SMILES string of the molecule is CCC(N=C(N)N)NC(=O)CN1CCN(S(=O)(=O)c2cc3ccc(Cl)cc3s2)CC1=O. The van der Waals surface area contributed by atoms with Crippen molar-refractivity contribution in [2.45, 2.75) is 23.7 Å². The lowest BCUT2D eigenvalue weighted by Gasteiger charge is -2.33. The summed E-state index contributed by atoms with van der Waals surface area (Å²) in [5, 5.41) is 3.92. The van der Waals surface area contributed by atoms with Crippen molar-refractivity contribution in [1.29, 1.82) is 0 Å². The second-order valence-corrected chi connectivity index (χ2v) is 10.6. The average Bonchev–Trinajstić information content (AvgIpc) is 3.12. The van der Waals surface area contributed by atoms with Crippen LogP contribution < -0.4 is 16.8 Å². The summed E-state index contributed by atoms with van der Waals surface area (Å²) in [7, 11) is -3.84. The Morgan fingerprint density at radius 3 is 2.71 bits per heavy atom. The number of piperazine rings is 1. The van der Waals surface area contributed by atoms with Gasteiger partial charge in [-0.3, -0.25) is 9.59 Å². The second kappa shape index (κ2) is 9.39. The number of nitrogens with one attached hydrogen (secondary N) is 1. The summed E-state index contributed by atoms with van der Waals surface area (Å²) in [6, 6.07) is 6.72. The van der Waals surface area contributed by atoms with Crippen molar-refractivity contribution < 1.29 is 18.0 Å². The van der Waals surface area contributed by atoms with E-state index in [1.54, 1.807) is 31.2 Å². The third-order valence-corrected chi connectivity index (χ3v) is 8.32. The highest BCUT2D eigenvalue weighted by molar-refractivity contribution is 7.91. The predicted octanol–water partition coefficient (Wildman–Crippen LogP) is 0.513. The summed E-state index contributed by atoms with van der Waals surface area (Å²) in [6.45, 7) is 1.44. The lowest BCUT2D eigenvalue weighted by Crippen LogP contribution is -2.54. The Balaban J connectivity index is 1.65. The minimum atomic E-state index is -3.84. The minimum absolute atomic E-state index is 0.0848. The van der Waals surface area contributed by atoms with Gasteiger partial charge in [-0.15, -0.1) is 11.3 Å². The fourth-order valence-corrected chi connectivity index (χ4v) is 6.31. The number of carbonyl (C=O) groups is 2. The lowest BCUT2D eigenvalue weighted by molar-refractivity contribution is -0.138. The van der Waals surface area contributed by atoms with Crippen LogP contribution in [-0.4, -0.2) is 67.7 Å². The number of nitrogens with zero attached hydrogens (tertiary/aromatic N) is 3. The maximum absolute atomic E-state index is 13.0. The number of nitrogens with two attached hydrogens (primary N) is 2. The molecule has 0 bridgehead atoms. The van der Waals surface area contributed by atoms with Crippen LogP contribution in [0, 0.1) is 0 Å². The van der Waals surface area contributed by atoms with Gasteiger partial charge in [-0.2, -0.15) is 4.31 Å². The van der Waals surface area contributed by atoms with Crippen LogP contribution in [0.15, 0.2) is 33.5 Å². The van der Waals surface area contributed by atoms with Crippen LogP contribution in [-0.2, 0) is 19.6 Å². The standard InChI is InChI=1S/C18H23ClN6O4S2/c1-2-14(23-18(20)21)22-15(26)9-24-5-6-25(10-16(24)27)31(28,29)17-7-11-3-4-12(19)8-13(11)30-17/h3-4,7-8,14H,2,5-6,9-10H2,1H3,(H,22,26)(H4,20,21,23). The van der Waals surface area contributed by atoms with Gasteiger partial charge in [0.05, 0.1) is 13.1 Å². The van der Waals surface area contributed by atoms with Gasteiger partial charge in [0.25, 0.3) is 10.0 Å². The van der Waals surface area contributed by atoms with Crippen LogP contribution >= 0.6 is 22.9 Å². The van der Waals surface area contributed by atoms with Crippen LogP contribution in [0.3, 0.4) is 0 Å². The van der Waals surface area contributed by atoms with Gasteiger partial charge in [0.1, 0.15) is 10.4 Å². The number of hydrogen-bond donors (Lipinski definition) is 3. The van der Waals surface area contributed by atoms with Crippen molar-refractivity contribution in [1.82, 2.24) is 14.5 Å². The molecule has 2 heterocycles. The van der Waals surface area contributed by atoms with Crippen LogP contribution in [0.5, 0.6) is 0 Å². The Morgan fingerprint density at radius 2 is 2.06 bits per heavy atom. The molecule has 1 fully saturated rings. The van der Waals surface area contributed by atoms with Crippen LogP contribution in [0.25, 0.3) is 10.1 Å². The lowest BCUT2D eigenvalue weighted by atomic mass is 10.3. The molecule has 0 aliphatic carbocycles.